The van der Waals surface area contributed by atoms with Gasteiger partial charge in [0.2, 0.25) is 10.0 Å². The van der Waals surface area contributed by atoms with Crippen molar-refractivity contribution < 1.29 is 13.2 Å². The normalized spacial score (nSPS) is 23.6. The number of allylic oxidation sites excluding steroid dienone is 1. The number of nitrogens with zero attached hydrogens (tertiary/aromatic N) is 1. The van der Waals surface area contributed by atoms with Crippen LogP contribution < -0.4 is 10.0 Å². The number of nitrogens with one attached hydrogen (secondary N) is 2. The molecule has 1 saturated heterocycles. The van der Waals surface area contributed by atoms with Gasteiger partial charge in [-0.15, -0.1) is 0 Å². The summed E-state index contributed by atoms with van der Waals surface area (Å²) in [6.45, 7) is 3.06. The molecule has 0 radical (unpaired) electrons. The van der Waals surface area contributed by atoms with Gasteiger partial charge in [-0.1, -0.05) is 0 Å². The van der Waals surface area contributed by atoms with Crippen molar-refractivity contribution in [1.82, 2.24) is 14.9 Å². The summed E-state index contributed by atoms with van der Waals surface area (Å²) < 4.78 is 31.6. The van der Waals surface area contributed by atoms with Gasteiger partial charge in [-0.2, -0.15) is 0 Å². The molecule has 0 bridgehead atoms. The van der Waals surface area contributed by atoms with Gasteiger partial charge in [-0.3, -0.25) is 4.90 Å². The highest BCUT2D eigenvalue weighted by Crippen LogP contribution is 2.16. The molecule has 2 N–H and O–H groups in total. The Morgan fingerprint density at radius 2 is 2.20 bits per heavy atom. The van der Waals surface area contributed by atoms with Gasteiger partial charge in [0, 0.05) is 39.6 Å². The fourth-order valence-electron chi connectivity index (χ4n) is 2.38. The molecule has 1 atom stereocenters. The largest absolute Gasteiger partial charge is 0.385 e. The minimum atomic E-state index is -3.42. The van der Waals surface area contributed by atoms with Crippen LogP contribution in [0.1, 0.15) is 19.3 Å². The third-order valence-electron chi connectivity index (χ3n) is 3.50. The maximum atomic E-state index is 12.1. The van der Waals surface area contributed by atoms with Crippen molar-refractivity contribution in [1.29, 1.82) is 0 Å². The molecule has 2 heterocycles. The lowest BCUT2D eigenvalue weighted by molar-refractivity contribution is 0.196. The molecule has 0 aromatic carbocycles. The summed E-state index contributed by atoms with van der Waals surface area (Å²) in [6, 6.07) is 0. The number of hydrogen-bond acceptors (Lipinski definition) is 5. The molecule has 2 aliphatic rings. The number of sulfonamides is 1. The molecule has 0 aromatic rings. The summed E-state index contributed by atoms with van der Waals surface area (Å²) in [5.41, 5.74) is 0. The Morgan fingerprint density at radius 1 is 1.45 bits per heavy atom. The lowest BCUT2D eigenvalue weighted by Crippen LogP contribution is -2.42. The van der Waals surface area contributed by atoms with E-state index in [0.29, 0.717) is 19.6 Å². The van der Waals surface area contributed by atoms with Crippen molar-refractivity contribution in [2.75, 3.05) is 33.4 Å². The van der Waals surface area contributed by atoms with E-state index in [9.17, 15) is 8.42 Å². The maximum absolute atomic E-state index is 12.1. The van der Waals surface area contributed by atoms with Crippen LogP contribution in [0.3, 0.4) is 0 Å². The Bertz CT molecular complexity index is 467. The smallest absolute Gasteiger partial charge is 0.241 e. The number of rotatable bonds is 7. The van der Waals surface area contributed by atoms with Crippen LogP contribution in [0.4, 0.5) is 0 Å². The van der Waals surface area contributed by atoms with Gasteiger partial charge < -0.3 is 10.1 Å². The first kappa shape index (κ1) is 15.5. The molecule has 1 unspecified atom stereocenters. The van der Waals surface area contributed by atoms with Crippen LogP contribution in [-0.4, -0.2) is 52.8 Å². The molecule has 6 nitrogen and oxygen atoms in total. The molecule has 1 fully saturated rings. The molecule has 0 aliphatic carbocycles. The Balaban J connectivity index is 1.85. The lowest BCUT2D eigenvalue weighted by Gasteiger charge is -2.27. The first-order valence-corrected chi connectivity index (χ1v) is 8.49. The van der Waals surface area contributed by atoms with Gasteiger partial charge in [0.1, 0.15) is 0 Å². The van der Waals surface area contributed by atoms with Crippen LogP contribution in [0.2, 0.25) is 0 Å². The monoisotopic (exact) mass is 301 g/mol. The van der Waals surface area contributed by atoms with Crippen molar-refractivity contribution >= 4 is 10.0 Å². The van der Waals surface area contributed by atoms with E-state index in [0.717, 1.165) is 13.1 Å². The zero-order valence-corrected chi connectivity index (χ0v) is 12.7. The number of likely N-dealkylation sites (tertiary alicyclic amines) is 1. The summed E-state index contributed by atoms with van der Waals surface area (Å²) in [5, 5.41) is 3.15. The second-order valence-electron chi connectivity index (χ2n) is 5.00. The van der Waals surface area contributed by atoms with E-state index >= 15 is 0 Å². The van der Waals surface area contributed by atoms with Crippen molar-refractivity contribution in [3.05, 3.63) is 23.3 Å². The van der Waals surface area contributed by atoms with Crippen LogP contribution in [0.5, 0.6) is 0 Å². The van der Waals surface area contributed by atoms with Gasteiger partial charge in [0.05, 0.1) is 11.1 Å². The summed E-state index contributed by atoms with van der Waals surface area (Å²) in [4.78, 5) is 2.59. The topological polar surface area (TPSA) is 70.7 Å². The van der Waals surface area contributed by atoms with E-state index in [-0.39, 0.29) is 11.1 Å². The Hall–Kier alpha value is -0.890. The van der Waals surface area contributed by atoms with E-state index in [1.807, 2.05) is 6.08 Å². The van der Waals surface area contributed by atoms with Crippen molar-refractivity contribution in [2.24, 2.45) is 0 Å². The minimum Gasteiger partial charge on any atom is -0.385 e. The van der Waals surface area contributed by atoms with Gasteiger partial charge >= 0.3 is 0 Å². The molecule has 7 heteroatoms. The molecule has 0 saturated carbocycles. The average Bonchev–Trinajstić information content (AvgIpc) is 2.98. The van der Waals surface area contributed by atoms with Crippen LogP contribution in [0, 0.1) is 0 Å². The number of methoxy groups -OCH3 is 1. The second-order valence-corrected chi connectivity index (χ2v) is 6.77. The first-order valence-electron chi connectivity index (χ1n) is 7.00. The van der Waals surface area contributed by atoms with Crippen LogP contribution in [0.15, 0.2) is 23.3 Å². The Morgan fingerprint density at radius 3 is 2.80 bits per heavy atom. The molecule has 0 spiro atoms. The lowest BCUT2D eigenvalue weighted by atomic mass is 10.3. The van der Waals surface area contributed by atoms with E-state index in [1.54, 1.807) is 19.4 Å². The van der Waals surface area contributed by atoms with Gasteiger partial charge in [0.15, 0.2) is 0 Å². The highest BCUT2D eigenvalue weighted by molar-refractivity contribution is 7.93. The average molecular weight is 301 g/mol. The van der Waals surface area contributed by atoms with Crippen molar-refractivity contribution in [2.45, 2.75) is 25.4 Å². The minimum absolute atomic E-state index is 0.116. The van der Waals surface area contributed by atoms with Crippen molar-refractivity contribution in [3.63, 3.8) is 0 Å². The third-order valence-corrected chi connectivity index (χ3v) is 4.96. The molecule has 2 rings (SSSR count). The fourth-order valence-corrected chi connectivity index (χ4v) is 3.44. The van der Waals surface area contributed by atoms with Gasteiger partial charge in [-0.05, 0) is 31.4 Å². The number of dihydropyridines is 1. The zero-order valence-electron chi connectivity index (χ0n) is 11.8. The Kier molecular flexibility index (Phi) is 5.59. The second kappa shape index (κ2) is 7.21. The Labute approximate surface area is 120 Å². The van der Waals surface area contributed by atoms with E-state index < -0.39 is 10.0 Å². The summed E-state index contributed by atoms with van der Waals surface area (Å²) in [5.74, 6) is 0. The predicted octanol–water partition coefficient (Wildman–Crippen LogP) is 0.365. The van der Waals surface area contributed by atoms with E-state index in [4.69, 9.17) is 4.74 Å². The van der Waals surface area contributed by atoms with E-state index in [2.05, 4.69) is 14.9 Å². The van der Waals surface area contributed by atoms with Crippen LogP contribution in [-0.2, 0) is 14.8 Å². The third kappa shape index (κ3) is 4.05. The molecule has 20 heavy (non-hydrogen) atoms. The SMILES string of the molecule is COCCCNS(=O)(=O)C1=CNC(N2CCCC2)C=C1. The van der Waals surface area contributed by atoms with Crippen LogP contribution >= 0.6 is 0 Å². The van der Waals surface area contributed by atoms with Crippen molar-refractivity contribution in [3.8, 4) is 0 Å². The predicted molar refractivity (Wildman–Crippen MR) is 78.4 cm³/mol. The molecule has 2 aliphatic heterocycles. The standard InChI is InChI=1S/C13H23N3O3S/c1-19-10-4-7-15-20(17,18)12-5-6-13(14-11-12)16-8-2-3-9-16/h5-6,11,13-15H,2-4,7-10H2,1H3. The molecular formula is C13H23N3O3S. The summed E-state index contributed by atoms with van der Waals surface area (Å²) in [7, 11) is -1.82. The summed E-state index contributed by atoms with van der Waals surface area (Å²) >= 11 is 0. The summed E-state index contributed by atoms with van der Waals surface area (Å²) in [6.07, 6.45) is 8.37. The number of hydrogen-bond donors (Lipinski definition) is 2. The van der Waals surface area contributed by atoms with E-state index in [1.165, 1.54) is 12.8 Å². The van der Waals surface area contributed by atoms with Crippen LogP contribution in [0.25, 0.3) is 0 Å². The number of ether oxygens (including phenoxy) is 1. The van der Waals surface area contributed by atoms with Gasteiger partial charge in [-0.25, -0.2) is 13.1 Å². The highest BCUT2D eigenvalue weighted by atomic mass is 32.2. The highest BCUT2D eigenvalue weighted by Gasteiger charge is 2.23. The quantitative estimate of drug-likeness (QED) is 0.665. The maximum Gasteiger partial charge on any atom is 0.241 e. The molecule has 0 aromatic heterocycles. The first-order chi connectivity index (χ1) is 9.63. The molecule has 114 valence electrons. The molecule has 0 amide bonds. The molecular weight excluding hydrogens is 278 g/mol. The van der Waals surface area contributed by atoms with Gasteiger partial charge in [0.25, 0.3) is 0 Å². The fraction of sp³-hybridized carbons (Fsp3) is 0.692. The zero-order chi connectivity index (χ0) is 14.4.